The van der Waals surface area contributed by atoms with Gasteiger partial charge in [-0.25, -0.2) is 0 Å². The van der Waals surface area contributed by atoms with E-state index in [1.54, 1.807) is 18.2 Å². The zero-order valence-corrected chi connectivity index (χ0v) is 29.6. The van der Waals surface area contributed by atoms with Crippen LogP contribution in [0.3, 0.4) is 0 Å². The molecular formula is C35H44O17. The van der Waals surface area contributed by atoms with Gasteiger partial charge in [0.25, 0.3) is 0 Å². The summed E-state index contributed by atoms with van der Waals surface area (Å²) in [5.41, 5.74) is -3.26. The van der Waals surface area contributed by atoms with Crippen molar-refractivity contribution in [2.75, 3.05) is 52.9 Å². The molecule has 1 N–H and O–H groups in total. The average Bonchev–Trinajstić information content (AvgIpc) is 3.05. The Morgan fingerprint density at radius 3 is 1.10 bits per heavy atom. The van der Waals surface area contributed by atoms with Crippen molar-refractivity contribution in [3.63, 3.8) is 0 Å². The second-order valence-electron chi connectivity index (χ2n) is 12.4. The standard InChI is InChI=1S/C35H44O17/c1-23(37)10-29(42)48-18-34(15-36,19-49-30(43)11-24(2)38)16-47-17-35(20-50-31(44)12-25(3)39,21-51-32(45)13-26(4)40)22-52-33(46)14-28(41)27-8-6-5-7-9-27/h5-9,36H,10-22H2,1-4H3. The van der Waals surface area contributed by atoms with Crippen LogP contribution in [0.1, 0.15) is 70.2 Å². The minimum Gasteiger partial charge on any atom is -0.464 e. The zero-order chi connectivity index (χ0) is 39.3. The summed E-state index contributed by atoms with van der Waals surface area (Å²) < 4.78 is 31.9. The fourth-order valence-corrected chi connectivity index (χ4v) is 4.09. The Balaban J connectivity index is 3.41. The number of ether oxygens (including phenoxy) is 6. The lowest BCUT2D eigenvalue weighted by Gasteiger charge is -2.35. The molecule has 17 heteroatoms. The Kier molecular flexibility index (Phi) is 19.5. The molecule has 0 spiro atoms. The maximum atomic E-state index is 12.8. The van der Waals surface area contributed by atoms with E-state index in [9.17, 15) is 53.1 Å². The highest BCUT2D eigenvalue weighted by Gasteiger charge is 2.40. The lowest BCUT2D eigenvalue weighted by Crippen LogP contribution is -2.47. The molecule has 0 radical (unpaired) electrons. The van der Waals surface area contributed by atoms with Gasteiger partial charge >= 0.3 is 29.8 Å². The van der Waals surface area contributed by atoms with E-state index in [-0.39, 0.29) is 5.56 Å². The molecule has 0 atom stereocenters. The summed E-state index contributed by atoms with van der Waals surface area (Å²) in [5.74, 6) is -7.69. The zero-order valence-electron chi connectivity index (χ0n) is 29.6. The number of carbonyl (C=O) groups is 10. The minimum atomic E-state index is -1.78. The van der Waals surface area contributed by atoms with Gasteiger partial charge in [-0.2, -0.15) is 0 Å². The predicted octanol–water partition coefficient (Wildman–Crippen LogP) is 0.874. The van der Waals surface area contributed by atoms with Crippen LogP contribution in [0.25, 0.3) is 0 Å². The summed E-state index contributed by atoms with van der Waals surface area (Å²) in [6.07, 6.45) is -3.20. The molecule has 1 rings (SSSR count). The van der Waals surface area contributed by atoms with E-state index < -0.39 is 155 Å². The number of benzene rings is 1. The third-order valence-electron chi connectivity index (χ3n) is 6.82. The molecule has 0 unspecified atom stereocenters. The molecule has 0 aliphatic rings. The molecular weight excluding hydrogens is 692 g/mol. The lowest BCUT2D eigenvalue weighted by atomic mass is 9.90. The van der Waals surface area contributed by atoms with E-state index in [4.69, 9.17) is 28.4 Å². The fourth-order valence-electron chi connectivity index (χ4n) is 4.09. The molecule has 52 heavy (non-hydrogen) atoms. The molecule has 1 aromatic carbocycles. The summed E-state index contributed by atoms with van der Waals surface area (Å²) in [6, 6.07) is 7.82. The normalized spacial score (nSPS) is 11.1. The number of ketones is 5. The molecule has 0 fully saturated rings. The van der Waals surface area contributed by atoms with Gasteiger partial charge in [-0.3, -0.25) is 47.9 Å². The number of Topliss-reactive ketones (excluding diaryl/α,β-unsaturated/α-hetero) is 5. The van der Waals surface area contributed by atoms with Gasteiger partial charge in [0.1, 0.15) is 88.3 Å². The first-order valence-electron chi connectivity index (χ1n) is 15.9. The van der Waals surface area contributed by atoms with E-state index in [1.807, 2.05) is 0 Å². The van der Waals surface area contributed by atoms with Crippen LogP contribution >= 0.6 is 0 Å². The first-order valence-corrected chi connectivity index (χ1v) is 15.9. The highest BCUT2D eigenvalue weighted by molar-refractivity contribution is 6.06. The fraction of sp³-hybridized carbons (Fsp3) is 0.543. The number of esters is 5. The molecule has 17 nitrogen and oxygen atoms in total. The van der Waals surface area contributed by atoms with Crippen LogP contribution in [0, 0.1) is 10.8 Å². The SMILES string of the molecule is CC(=O)CC(=O)OCC(CO)(COCC(COC(=O)CC(C)=O)(COC(=O)CC(C)=O)COC(=O)CC(=O)c1ccccc1)COC(=O)CC(C)=O. The van der Waals surface area contributed by atoms with Gasteiger partial charge in [-0.15, -0.1) is 0 Å². The quantitative estimate of drug-likeness (QED) is 0.0600. The van der Waals surface area contributed by atoms with Crippen LogP contribution in [-0.4, -0.2) is 117 Å². The van der Waals surface area contributed by atoms with Gasteiger partial charge in [0, 0.05) is 5.56 Å². The summed E-state index contributed by atoms with van der Waals surface area (Å²) in [4.78, 5) is 120. The second kappa shape index (κ2) is 22.6. The van der Waals surface area contributed by atoms with Gasteiger partial charge in [-0.1, -0.05) is 30.3 Å². The molecule has 1 aromatic rings. The van der Waals surface area contributed by atoms with Gasteiger partial charge < -0.3 is 33.5 Å². The summed E-state index contributed by atoms with van der Waals surface area (Å²) in [6.45, 7) is -0.983. The van der Waals surface area contributed by atoms with Gasteiger partial charge in [0.15, 0.2) is 5.78 Å². The molecule has 0 amide bonds. The number of rotatable bonds is 26. The third kappa shape index (κ3) is 18.7. The predicted molar refractivity (Wildman–Crippen MR) is 174 cm³/mol. The average molecular weight is 737 g/mol. The summed E-state index contributed by atoms with van der Waals surface area (Å²) >= 11 is 0. The Morgan fingerprint density at radius 2 is 0.769 bits per heavy atom. The number of carbonyl (C=O) groups excluding carboxylic acids is 10. The molecule has 0 aliphatic carbocycles. The number of aliphatic hydroxyl groups is 1. The van der Waals surface area contributed by atoms with E-state index >= 15 is 0 Å². The van der Waals surface area contributed by atoms with Gasteiger partial charge in [0.05, 0.1) is 30.7 Å². The topological polar surface area (TPSA) is 246 Å². The third-order valence-corrected chi connectivity index (χ3v) is 6.82. The van der Waals surface area contributed by atoms with Crippen LogP contribution in [0.5, 0.6) is 0 Å². The number of hydrogen-bond donors (Lipinski definition) is 1. The molecule has 0 heterocycles. The van der Waals surface area contributed by atoms with Crippen molar-refractivity contribution >= 4 is 58.8 Å². The van der Waals surface area contributed by atoms with Crippen molar-refractivity contribution in [1.82, 2.24) is 0 Å². The largest absolute Gasteiger partial charge is 0.464 e. The van der Waals surface area contributed by atoms with Crippen molar-refractivity contribution in [1.29, 1.82) is 0 Å². The van der Waals surface area contributed by atoms with E-state index in [0.717, 1.165) is 27.7 Å². The van der Waals surface area contributed by atoms with Crippen molar-refractivity contribution < 1.29 is 81.5 Å². The van der Waals surface area contributed by atoms with E-state index in [1.165, 1.54) is 12.1 Å². The molecule has 0 aromatic heterocycles. The highest BCUT2D eigenvalue weighted by Crippen LogP contribution is 2.26. The first kappa shape index (κ1) is 44.9. The van der Waals surface area contributed by atoms with Crippen molar-refractivity contribution in [2.24, 2.45) is 10.8 Å². The van der Waals surface area contributed by atoms with Crippen molar-refractivity contribution in [2.45, 2.75) is 59.8 Å². The lowest BCUT2D eigenvalue weighted by molar-refractivity contribution is -0.171. The van der Waals surface area contributed by atoms with Crippen LogP contribution in [-0.2, 0) is 71.6 Å². The van der Waals surface area contributed by atoms with E-state index in [0.29, 0.717) is 0 Å². The van der Waals surface area contributed by atoms with Crippen LogP contribution in [0.4, 0.5) is 0 Å². The first-order chi connectivity index (χ1) is 24.4. The Hall–Kier alpha value is -5.16. The van der Waals surface area contributed by atoms with Gasteiger partial charge in [-0.05, 0) is 27.7 Å². The molecule has 0 saturated heterocycles. The van der Waals surface area contributed by atoms with Crippen LogP contribution < -0.4 is 0 Å². The highest BCUT2D eigenvalue weighted by atomic mass is 16.6. The summed E-state index contributed by atoms with van der Waals surface area (Å²) in [7, 11) is 0. The Bertz CT molecular complexity index is 1400. The molecule has 0 saturated carbocycles. The van der Waals surface area contributed by atoms with Crippen LogP contribution in [0.15, 0.2) is 30.3 Å². The van der Waals surface area contributed by atoms with Crippen LogP contribution in [0.2, 0.25) is 0 Å². The maximum Gasteiger partial charge on any atom is 0.313 e. The van der Waals surface area contributed by atoms with E-state index in [2.05, 4.69) is 0 Å². The van der Waals surface area contributed by atoms with Crippen molar-refractivity contribution in [3.05, 3.63) is 35.9 Å². The molecule has 286 valence electrons. The summed E-state index contributed by atoms with van der Waals surface area (Å²) in [5, 5.41) is 10.4. The molecule has 0 aliphatic heterocycles. The molecule has 0 bridgehead atoms. The number of hydrogen-bond acceptors (Lipinski definition) is 17. The smallest absolute Gasteiger partial charge is 0.313 e. The van der Waals surface area contributed by atoms with Gasteiger partial charge in [0.2, 0.25) is 0 Å². The Labute approximate surface area is 299 Å². The Morgan fingerprint density at radius 1 is 0.462 bits per heavy atom. The second-order valence-corrected chi connectivity index (χ2v) is 12.4. The van der Waals surface area contributed by atoms with Crippen molar-refractivity contribution in [3.8, 4) is 0 Å². The maximum absolute atomic E-state index is 12.8. The number of aliphatic hydroxyl groups excluding tert-OH is 1. The monoisotopic (exact) mass is 736 g/mol. The minimum absolute atomic E-state index is 0.221.